The quantitative estimate of drug-likeness (QED) is 0.727. The number of carbonyl (C=O) groups is 1. The van der Waals surface area contributed by atoms with Crippen LogP contribution in [0, 0.1) is 5.92 Å². The maximum Gasteiger partial charge on any atom is 0.179 e. The number of ketones is 1. The van der Waals surface area contributed by atoms with Crippen molar-refractivity contribution in [3.05, 3.63) is 34.9 Å². The largest absolute Gasteiger partial charge is 0.294 e. The minimum atomic E-state index is -0.0911. The summed E-state index contributed by atoms with van der Waals surface area (Å²) in [5.74, 6) is 1.05. The maximum absolute atomic E-state index is 12.6. The van der Waals surface area contributed by atoms with Gasteiger partial charge in [-0.2, -0.15) is 0 Å². The highest BCUT2D eigenvalue weighted by atomic mass is 35.5. The zero-order valence-corrected chi connectivity index (χ0v) is 14.1. The van der Waals surface area contributed by atoms with E-state index in [2.05, 4.69) is 18.9 Å². The molecule has 1 aromatic rings. The Balaban J connectivity index is 1.99. The van der Waals surface area contributed by atoms with E-state index in [-0.39, 0.29) is 11.8 Å². The number of benzene rings is 1. The zero-order chi connectivity index (χ0) is 15.4. The molecule has 0 bridgehead atoms. The summed E-state index contributed by atoms with van der Waals surface area (Å²) in [7, 11) is 2.09. The van der Waals surface area contributed by atoms with E-state index in [0.29, 0.717) is 16.6 Å². The molecule has 1 aliphatic carbocycles. The smallest absolute Gasteiger partial charge is 0.179 e. The lowest BCUT2D eigenvalue weighted by atomic mass is 9.83. The molecule has 0 radical (unpaired) electrons. The number of hydrogen-bond acceptors (Lipinski definition) is 2. The lowest BCUT2D eigenvalue weighted by molar-refractivity contribution is 0.0752. The monoisotopic (exact) mass is 307 g/mol. The average molecular weight is 308 g/mol. The predicted octanol–water partition coefficient (Wildman–Crippen LogP) is 4.81. The van der Waals surface area contributed by atoms with Gasteiger partial charge < -0.3 is 0 Å². The molecule has 2 nitrogen and oxygen atoms in total. The Bertz CT molecular complexity index is 480. The van der Waals surface area contributed by atoms with Crippen LogP contribution in [0.25, 0.3) is 0 Å². The summed E-state index contributed by atoms with van der Waals surface area (Å²) in [6.45, 7) is 4.29. The standard InChI is InChI=1S/C18H26ClNO/c1-4-14-8-10-17(11-9-14)20(3)13(2)18(21)15-6-5-7-16(19)12-15/h5-7,12-14,17H,4,8-11H2,1-3H3. The molecule has 116 valence electrons. The van der Waals surface area contributed by atoms with Crippen molar-refractivity contribution in [2.75, 3.05) is 7.05 Å². The van der Waals surface area contributed by atoms with Crippen LogP contribution >= 0.6 is 11.6 Å². The molecule has 0 amide bonds. The van der Waals surface area contributed by atoms with Crippen LogP contribution in [0.15, 0.2) is 24.3 Å². The third kappa shape index (κ3) is 4.08. The molecule has 0 heterocycles. The normalized spacial score (nSPS) is 24.0. The van der Waals surface area contributed by atoms with Crippen molar-refractivity contribution in [2.24, 2.45) is 5.92 Å². The minimum Gasteiger partial charge on any atom is -0.294 e. The van der Waals surface area contributed by atoms with Crippen molar-refractivity contribution in [3.63, 3.8) is 0 Å². The van der Waals surface area contributed by atoms with Crippen molar-refractivity contribution < 1.29 is 4.79 Å². The Kier molecular flexibility index (Phi) is 5.83. The van der Waals surface area contributed by atoms with Crippen LogP contribution in [0.3, 0.4) is 0 Å². The molecule has 21 heavy (non-hydrogen) atoms. The second-order valence-corrected chi connectivity index (χ2v) is 6.74. The molecule has 2 rings (SSSR count). The van der Waals surface area contributed by atoms with Crippen molar-refractivity contribution in [1.82, 2.24) is 4.90 Å². The second-order valence-electron chi connectivity index (χ2n) is 6.30. The van der Waals surface area contributed by atoms with Crippen molar-refractivity contribution in [3.8, 4) is 0 Å². The van der Waals surface area contributed by atoms with Gasteiger partial charge in [0.15, 0.2) is 5.78 Å². The fourth-order valence-corrected chi connectivity index (χ4v) is 3.53. The molecule has 0 aromatic heterocycles. The minimum absolute atomic E-state index is 0.0911. The van der Waals surface area contributed by atoms with Gasteiger partial charge in [-0.3, -0.25) is 9.69 Å². The predicted molar refractivity (Wildman–Crippen MR) is 89.0 cm³/mol. The molecular formula is C18H26ClNO. The second kappa shape index (κ2) is 7.42. The lowest BCUT2D eigenvalue weighted by Crippen LogP contribution is -2.44. The third-order valence-electron chi connectivity index (χ3n) is 5.07. The van der Waals surface area contributed by atoms with Gasteiger partial charge >= 0.3 is 0 Å². The van der Waals surface area contributed by atoms with E-state index in [1.165, 1.54) is 32.1 Å². The van der Waals surface area contributed by atoms with Crippen LogP contribution in [0.4, 0.5) is 0 Å². The topological polar surface area (TPSA) is 20.3 Å². The molecule has 1 atom stereocenters. The highest BCUT2D eigenvalue weighted by molar-refractivity contribution is 6.31. The molecule has 1 aliphatic rings. The first-order valence-corrected chi connectivity index (χ1v) is 8.42. The highest BCUT2D eigenvalue weighted by Crippen LogP contribution is 2.30. The molecule has 0 N–H and O–H groups in total. The van der Waals surface area contributed by atoms with Gasteiger partial charge in [0.05, 0.1) is 6.04 Å². The Morgan fingerprint density at radius 2 is 2.00 bits per heavy atom. The molecule has 0 saturated heterocycles. The van der Waals surface area contributed by atoms with Crippen LogP contribution in [0.2, 0.25) is 5.02 Å². The summed E-state index contributed by atoms with van der Waals surface area (Å²) >= 11 is 5.99. The Hall–Kier alpha value is -0.860. The van der Waals surface area contributed by atoms with E-state index in [4.69, 9.17) is 11.6 Å². The van der Waals surface area contributed by atoms with Crippen LogP contribution in [-0.4, -0.2) is 29.8 Å². The van der Waals surface area contributed by atoms with E-state index >= 15 is 0 Å². The van der Waals surface area contributed by atoms with E-state index in [1.807, 2.05) is 19.1 Å². The number of likely N-dealkylation sites (N-methyl/N-ethyl adjacent to an activating group) is 1. The molecule has 3 heteroatoms. The summed E-state index contributed by atoms with van der Waals surface area (Å²) in [5.41, 5.74) is 0.712. The summed E-state index contributed by atoms with van der Waals surface area (Å²) in [6.07, 6.45) is 6.30. The molecule has 1 fully saturated rings. The van der Waals surface area contributed by atoms with Crippen LogP contribution in [-0.2, 0) is 0 Å². The molecule has 0 aliphatic heterocycles. The van der Waals surface area contributed by atoms with Gasteiger partial charge in [-0.1, -0.05) is 37.1 Å². The van der Waals surface area contributed by atoms with E-state index < -0.39 is 0 Å². The molecule has 1 unspecified atom stereocenters. The lowest BCUT2D eigenvalue weighted by Gasteiger charge is -2.37. The fourth-order valence-electron chi connectivity index (χ4n) is 3.34. The SMILES string of the molecule is CCC1CCC(N(C)C(C)C(=O)c2cccc(Cl)c2)CC1. The van der Waals surface area contributed by atoms with Crippen molar-refractivity contribution >= 4 is 17.4 Å². The van der Waals surface area contributed by atoms with Gasteiger partial charge in [-0.15, -0.1) is 0 Å². The van der Waals surface area contributed by atoms with Gasteiger partial charge in [0.2, 0.25) is 0 Å². The van der Waals surface area contributed by atoms with Gasteiger partial charge in [-0.05, 0) is 57.7 Å². The summed E-state index contributed by atoms with van der Waals surface area (Å²) in [4.78, 5) is 14.9. The number of rotatable bonds is 5. The van der Waals surface area contributed by atoms with Crippen molar-refractivity contribution in [1.29, 1.82) is 0 Å². The van der Waals surface area contributed by atoms with Gasteiger partial charge in [0, 0.05) is 16.6 Å². The summed E-state index contributed by atoms with van der Waals surface area (Å²) in [6, 6.07) is 7.71. The Morgan fingerprint density at radius 3 is 2.57 bits per heavy atom. The fraction of sp³-hybridized carbons (Fsp3) is 0.611. The Morgan fingerprint density at radius 1 is 1.33 bits per heavy atom. The molecular weight excluding hydrogens is 282 g/mol. The van der Waals surface area contributed by atoms with Gasteiger partial charge in [0.1, 0.15) is 0 Å². The van der Waals surface area contributed by atoms with Gasteiger partial charge in [0.25, 0.3) is 0 Å². The van der Waals surface area contributed by atoms with Crippen LogP contribution in [0.5, 0.6) is 0 Å². The summed E-state index contributed by atoms with van der Waals surface area (Å²) < 4.78 is 0. The molecule has 0 spiro atoms. The molecule has 1 aromatic carbocycles. The first kappa shape index (κ1) is 16.5. The van der Waals surface area contributed by atoms with Crippen LogP contribution < -0.4 is 0 Å². The number of hydrogen-bond donors (Lipinski definition) is 0. The number of nitrogens with zero attached hydrogens (tertiary/aromatic N) is 1. The van der Waals surface area contributed by atoms with E-state index in [1.54, 1.807) is 12.1 Å². The summed E-state index contributed by atoms with van der Waals surface area (Å²) in [5, 5.41) is 0.624. The Labute approximate surface area is 133 Å². The number of Topliss-reactive ketones (excluding diaryl/α,β-unsaturated/α-hetero) is 1. The highest BCUT2D eigenvalue weighted by Gasteiger charge is 2.28. The third-order valence-corrected chi connectivity index (χ3v) is 5.30. The first-order valence-electron chi connectivity index (χ1n) is 8.04. The van der Waals surface area contributed by atoms with Gasteiger partial charge in [-0.25, -0.2) is 0 Å². The van der Waals surface area contributed by atoms with Crippen molar-refractivity contribution in [2.45, 2.75) is 58.0 Å². The van der Waals surface area contributed by atoms with E-state index in [0.717, 1.165) is 5.92 Å². The maximum atomic E-state index is 12.6. The zero-order valence-electron chi connectivity index (χ0n) is 13.3. The molecule has 1 saturated carbocycles. The number of halogens is 1. The van der Waals surface area contributed by atoms with Crippen LogP contribution in [0.1, 0.15) is 56.3 Å². The number of carbonyl (C=O) groups excluding carboxylic acids is 1. The average Bonchev–Trinajstić information content (AvgIpc) is 2.53. The first-order chi connectivity index (χ1) is 10.0. The van der Waals surface area contributed by atoms with E-state index in [9.17, 15) is 4.79 Å².